The molecule has 6 nitrogen and oxygen atoms in total. The van der Waals surface area contributed by atoms with Gasteiger partial charge in [-0.3, -0.25) is 4.79 Å². The fraction of sp³-hybridized carbons (Fsp3) is 0.235. The van der Waals surface area contributed by atoms with Crippen LogP contribution in [0.25, 0.3) is 11.7 Å². The molecule has 0 N–H and O–H groups in total. The molecule has 0 unspecified atom stereocenters. The van der Waals surface area contributed by atoms with Gasteiger partial charge in [0.15, 0.2) is 11.6 Å². The van der Waals surface area contributed by atoms with E-state index in [-0.39, 0.29) is 11.8 Å². The van der Waals surface area contributed by atoms with E-state index in [1.807, 2.05) is 31.2 Å². The standard InChI is InChI=1S/C17H15N3O3/c1-11-4-6-13(7-5-11)20-10-12(9-15(20)21)16-18-17(23-19-16)14-3-2-8-22-14/h2-8,12H,9-10H2,1H3/t12-/m1/s1. The van der Waals surface area contributed by atoms with E-state index in [1.54, 1.807) is 23.3 Å². The van der Waals surface area contributed by atoms with Crippen molar-refractivity contribution in [1.82, 2.24) is 10.1 Å². The molecular formula is C17H15N3O3. The van der Waals surface area contributed by atoms with Gasteiger partial charge in [-0.25, -0.2) is 0 Å². The molecule has 3 aromatic rings. The summed E-state index contributed by atoms with van der Waals surface area (Å²) in [5.74, 6) is 1.41. The Hall–Kier alpha value is -2.89. The molecule has 0 spiro atoms. The van der Waals surface area contributed by atoms with Gasteiger partial charge in [-0.2, -0.15) is 4.98 Å². The van der Waals surface area contributed by atoms with Gasteiger partial charge in [0.2, 0.25) is 5.91 Å². The van der Waals surface area contributed by atoms with E-state index in [0.29, 0.717) is 30.4 Å². The normalized spacial score (nSPS) is 17.9. The molecule has 3 heterocycles. The Morgan fingerprint density at radius 3 is 2.78 bits per heavy atom. The number of furan rings is 1. The number of nitrogens with zero attached hydrogens (tertiary/aromatic N) is 3. The van der Waals surface area contributed by atoms with Gasteiger partial charge < -0.3 is 13.8 Å². The molecule has 0 aliphatic carbocycles. The van der Waals surface area contributed by atoms with Crippen LogP contribution in [0.15, 0.2) is 51.6 Å². The summed E-state index contributed by atoms with van der Waals surface area (Å²) < 4.78 is 10.5. The number of anilines is 1. The average Bonchev–Trinajstić information content (AvgIpc) is 3.27. The predicted octanol–water partition coefficient (Wildman–Crippen LogP) is 3.16. The first kappa shape index (κ1) is 13.8. The first-order valence-electron chi connectivity index (χ1n) is 7.45. The quantitative estimate of drug-likeness (QED) is 0.743. The van der Waals surface area contributed by atoms with E-state index in [1.165, 1.54) is 5.56 Å². The van der Waals surface area contributed by atoms with Gasteiger partial charge in [0, 0.05) is 24.6 Å². The van der Waals surface area contributed by atoms with Gasteiger partial charge in [-0.1, -0.05) is 22.9 Å². The number of carbonyl (C=O) groups excluding carboxylic acids is 1. The van der Waals surface area contributed by atoms with Crippen molar-refractivity contribution in [3.05, 3.63) is 54.0 Å². The number of benzene rings is 1. The van der Waals surface area contributed by atoms with Crippen molar-refractivity contribution < 1.29 is 13.7 Å². The first-order valence-corrected chi connectivity index (χ1v) is 7.45. The van der Waals surface area contributed by atoms with Gasteiger partial charge >= 0.3 is 0 Å². The molecule has 1 aliphatic heterocycles. The summed E-state index contributed by atoms with van der Waals surface area (Å²) in [7, 11) is 0. The third-order valence-electron chi connectivity index (χ3n) is 4.01. The monoisotopic (exact) mass is 309 g/mol. The molecule has 0 bridgehead atoms. The Morgan fingerprint density at radius 1 is 1.22 bits per heavy atom. The fourth-order valence-corrected chi connectivity index (χ4v) is 2.76. The summed E-state index contributed by atoms with van der Waals surface area (Å²) in [4.78, 5) is 18.4. The third kappa shape index (κ3) is 2.52. The van der Waals surface area contributed by atoms with Crippen molar-refractivity contribution >= 4 is 11.6 Å². The molecule has 1 amide bonds. The van der Waals surface area contributed by atoms with Crippen molar-refractivity contribution in [3.63, 3.8) is 0 Å². The molecule has 116 valence electrons. The highest BCUT2D eigenvalue weighted by Crippen LogP contribution is 2.31. The highest BCUT2D eigenvalue weighted by molar-refractivity contribution is 5.96. The Morgan fingerprint density at radius 2 is 2.04 bits per heavy atom. The number of carbonyl (C=O) groups is 1. The smallest absolute Gasteiger partial charge is 0.293 e. The molecule has 1 atom stereocenters. The molecule has 1 aliphatic rings. The minimum absolute atomic E-state index is 0.0724. The maximum Gasteiger partial charge on any atom is 0.293 e. The van der Waals surface area contributed by atoms with Crippen molar-refractivity contribution in [2.45, 2.75) is 19.3 Å². The van der Waals surface area contributed by atoms with Crippen LogP contribution >= 0.6 is 0 Å². The lowest BCUT2D eigenvalue weighted by Gasteiger charge is -2.16. The van der Waals surface area contributed by atoms with Crippen molar-refractivity contribution in [1.29, 1.82) is 0 Å². The molecule has 0 saturated carbocycles. The summed E-state index contributed by atoms with van der Waals surface area (Å²) >= 11 is 0. The van der Waals surface area contributed by atoms with Crippen LogP contribution in [0.5, 0.6) is 0 Å². The molecular weight excluding hydrogens is 294 g/mol. The number of aromatic nitrogens is 2. The van der Waals surface area contributed by atoms with Gasteiger partial charge in [0.1, 0.15) is 0 Å². The minimum Gasteiger partial charge on any atom is -0.459 e. The molecule has 4 rings (SSSR count). The number of aryl methyl sites for hydroxylation is 1. The zero-order chi connectivity index (χ0) is 15.8. The number of hydrogen-bond donors (Lipinski definition) is 0. The Labute approximate surface area is 132 Å². The summed E-state index contributed by atoms with van der Waals surface area (Å²) in [6.45, 7) is 2.58. The van der Waals surface area contributed by atoms with E-state index >= 15 is 0 Å². The van der Waals surface area contributed by atoms with Gasteiger partial charge in [0.05, 0.1) is 6.26 Å². The largest absolute Gasteiger partial charge is 0.459 e. The molecule has 2 aromatic heterocycles. The van der Waals surface area contributed by atoms with Crippen LogP contribution in [0.1, 0.15) is 23.7 Å². The van der Waals surface area contributed by atoms with E-state index in [0.717, 1.165) is 5.69 Å². The lowest BCUT2D eigenvalue weighted by molar-refractivity contribution is -0.117. The molecule has 1 aromatic carbocycles. The van der Waals surface area contributed by atoms with Crippen LogP contribution in [0.3, 0.4) is 0 Å². The lowest BCUT2D eigenvalue weighted by Crippen LogP contribution is -2.24. The maximum absolute atomic E-state index is 12.3. The van der Waals surface area contributed by atoms with Crippen molar-refractivity contribution in [2.24, 2.45) is 0 Å². The van der Waals surface area contributed by atoms with Gasteiger partial charge in [0.25, 0.3) is 5.89 Å². The topological polar surface area (TPSA) is 72.4 Å². The van der Waals surface area contributed by atoms with E-state index in [4.69, 9.17) is 8.94 Å². The predicted molar refractivity (Wildman–Crippen MR) is 82.9 cm³/mol. The van der Waals surface area contributed by atoms with E-state index in [2.05, 4.69) is 10.1 Å². The molecule has 1 saturated heterocycles. The second-order valence-corrected chi connectivity index (χ2v) is 5.68. The van der Waals surface area contributed by atoms with Crippen LogP contribution in [0.2, 0.25) is 0 Å². The fourth-order valence-electron chi connectivity index (χ4n) is 2.76. The van der Waals surface area contributed by atoms with Crippen LogP contribution < -0.4 is 4.90 Å². The van der Waals surface area contributed by atoms with E-state index in [9.17, 15) is 4.79 Å². The SMILES string of the molecule is Cc1ccc(N2C[C@H](c3noc(-c4ccco4)n3)CC2=O)cc1. The molecule has 0 radical (unpaired) electrons. The maximum atomic E-state index is 12.3. The molecule has 23 heavy (non-hydrogen) atoms. The molecule has 1 fully saturated rings. The van der Waals surface area contributed by atoms with Crippen LogP contribution in [-0.2, 0) is 4.79 Å². The highest BCUT2D eigenvalue weighted by atomic mass is 16.5. The number of amides is 1. The minimum atomic E-state index is -0.0729. The van der Waals surface area contributed by atoms with Crippen molar-refractivity contribution in [3.8, 4) is 11.7 Å². The van der Waals surface area contributed by atoms with Gasteiger partial charge in [-0.05, 0) is 31.2 Å². The average molecular weight is 309 g/mol. The summed E-state index contributed by atoms with van der Waals surface area (Å²) in [6.07, 6.45) is 1.93. The van der Waals surface area contributed by atoms with Crippen molar-refractivity contribution in [2.75, 3.05) is 11.4 Å². The Bertz CT molecular complexity index is 821. The summed E-state index contributed by atoms with van der Waals surface area (Å²) in [5.41, 5.74) is 2.07. The van der Waals surface area contributed by atoms with Crippen LogP contribution in [0.4, 0.5) is 5.69 Å². The Kier molecular flexibility index (Phi) is 3.22. The van der Waals surface area contributed by atoms with E-state index < -0.39 is 0 Å². The number of hydrogen-bond acceptors (Lipinski definition) is 5. The van der Waals surface area contributed by atoms with Crippen LogP contribution in [0, 0.1) is 6.92 Å². The third-order valence-corrected chi connectivity index (χ3v) is 4.01. The first-order chi connectivity index (χ1) is 11.2. The lowest BCUT2D eigenvalue weighted by atomic mass is 10.1. The highest BCUT2D eigenvalue weighted by Gasteiger charge is 2.34. The van der Waals surface area contributed by atoms with Gasteiger partial charge in [-0.15, -0.1) is 0 Å². The zero-order valence-corrected chi connectivity index (χ0v) is 12.6. The second-order valence-electron chi connectivity index (χ2n) is 5.68. The summed E-state index contributed by atoms with van der Waals surface area (Å²) in [6, 6.07) is 11.4. The van der Waals surface area contributed by atoms with Crippen LogP contribution in [-0.4, -0.2) is 22.6 Å². The Balaban J connectivity index is 1.55. The zero-order valence-electron chi connectivity index (χ0n) is 12.6. The molecule has 6 heteroatoms. The number of rotatable bonds is 3. The second kappa shape index (κ2) is 5.39. The summed E-state index contributed by atoms with van der Waals surface area (Å²) in [5, 5.41) is 4.01.